The molecule has 0 aromatic heterocycles. The number of rotatable bonds is 9. The van der Waals surface area contributed by atoms with Crippen molar-refractivity contribution in [1.29, 1.82) is 0 Å². The van der Waals surface area contributed by atoms with Crippen molar-refractivity contribution in [2.45, 2.75) is 40.0 Å². The number of ether oxygens (including phenoxy) is 1. The van der Waals surface area contributed by atoms with Crippen LogP contribution in [0.4, 0.5) is 11.4 Å². The maximum Gasteiger partial charge on any atom is 0.306 e. The molecule has 0 spiro atoms. The third kappa shape index (κ3) is 7.50. The van der Waals surface area contributed by atoms with E-state index in [2.05, 4.69) is 10.6 Å². The zero-order valence-electron chi connectivity index (χ0n) is 17.4. The molecule has 7 heteroatoms. The molecule has 0 radical (unpaired) electrons. The summed E-state index contributed by atoms with van der Waals surface area (Å²) in [5.41, 5.74) is 3.73. The van der Waals surface area contributed by atoms with E-state index in [0.717, 1.165) is 11.1 Å². The first-order valence-electron chi connectivity index (χ1n) is 9.68. The maximum atomic E-state index is 12.0. The Hall–Kier alpha value is -3.48. The van der Waals surface area contributed by atoms with E-state index in [4.69, 9.17) is 4.74 Å². The van der Waals surface area contributed by atoms with E-state index < -0.39 is 11.9 Å². The van der Waals surface area contributed by atoms with Crippen molar-refractivity contribution in [3.05, 3.63) is 59.2 Å². The van der Waals surface area contributed by atoms with Crippen molar-refractivity contribution < 1.29 is 23.9 Å². The first-order chi connectivity index (χ1) is 14.2. The molecule has 2 amide bonds. The number of carbonyl (C=O) groups is 4. The molecule has 0 atom stereocenters. The van der Waals surface area contributed by atoms with Crippen LogP contribution in [0.5, 0.6) is 0 Å². The zero-order valence-corrected chi connectivity index (χ0v) is 17.4. The fourth-order valence-corrected chi connectivity index (χ4v) is 2.79. The number of carbonyl (C=O) groups excluding carboxylic acids is 4. The number of esters is 1. The lowest BCUT2D eigenvalue weighted by Gasteiger charge is -2.10. The Morgan fingerprint density at radius 3 is 2.37 bits per heavy atom. The van der Waals surface area contributed by atoms with Crippen LogP contribution in [0.2, 0.25) is 0 Å². The van der Waals surface area contributed by atoms with Gasteiger partial charge in [0.1, 0.15) is 0 Å². The number of aryl methyl sites for hydroxylation is 2. The molecule has 30 heavy (non-hydrogen) atoms. The SMILES string of the molecule is CC(=O)c1cccc(NC(=O)CCCC(=O)OCC(=O)Nc2ccc(C)cc2C)c1. The molecule has 0 unspecified atom stereocenters. The van der Waals surface area contributed by atoms with E-state index in [1.165, 1.54) is 6.92 Å². The fourth-order valence-electron chi connectivity index (χ4n) is 2.79. The molecular weight excluding hydrogens is 384 g/mol. The number of benzene rings is 2. The normalized spacial score (nSPS) is 10.2. The Labute approximate surface area is 175 Å². The predicted octanol–water partition coefficient (Wildman–Crippen LogP) is 3.80. The van der Waals surface area contributed by atoms with E-state index >= 15 is 0 Å². The van der Waals surface area contributed by atoms with Gasteiger partial charge >= 0.3 is 5.97 Å². The molecule has 0 saturated heterocycles. The van der Waals surface area contributed by atoms with E-state index in [-0.39, 0.29) is 37.6 Å². The summed E-state index contributed by atoms with van der Waals surface area (Å²) < 4.78 is 4.96. The van der Waals surface area contributed by atoms with Gasteiger partial charge in [0, 0.05) is 29.8 Å². The quantitative estimate of drug-likeness (QED) is 0.484. The summed E-state index contributed by atoms with van der Waals surface area (Å²) in [5.74, 6) is -1.32. The summed E-state index contributed by atoms with van der Waals surface area (Å²) in [6, 6.07) is 12.3. The molecule has 0 aliphatic carbocycles. The van der Waals surface area contributed by atoms with Crippen molar-refractivity contribution in [3.63, 3.8) is 0 Å². The van der Waals surface area contributed by atoms with Crippen LogP contribution in [0, 0.1) is 13.8 Å². The molecule has 2 rings (SSSR count). The molecule has 2 aromatic rings. The molecule has 2 N–H and O–H groups in total. The minimum atomic E-state index is -0.544. The molecule has 0 heterocycles. The highest BCUT2D eigenvalue weighted by Crippen LogP contribution is 2.16. The third-order valence-electron chi connectivity index (χ3n) is 4.36. The maximum absolute atomic E-state index is 12.0. The number of hydrogen-bond donors (Lipinski definition) is 2. The third-order valence-corrected chi connectivity index (χ3v) is 4.36. The molecule has 158 valence electrons. The van der Waals surface area contributed by atoms with Gasteiger partial charge in [-0.25, -0.2) is 0 Å². The van der Waals surface area contributed by atoms with Crippen LogP contribution in [0.15, 0.2) is 42.5 Å². The van der Waals surface area contributed by atoms with Gasteiger partial charge in [0.05, 0.1) is 0 Å². The molecule has 7 nitrogen and oxygen atoms in total. The highest BCUT2D eigenvalue weighted by atomic mass is 16.5. The van der Waals surface area contributed by atoms with E-state index in [9.17, 15) is 19.2 Å². The average Bonchev–Trinajstić information content (AvgIpc) is 2.68. The monoisotopic (exact) mass is 410 g/mol. The van der Waals surface area contributed by atoms with Gasteiger partial charge in [-0.2, -0.15) is 0 Å². The average molecular weight is 410 g/mol. The Morgan fingerprint density at radius 2 is 1.67 bits per heavy atom. The summed E-state index contributed by atoms with van der Waals surface area (Å²) >= 11 is 0. The van der Waals surface area contributed by atoms with Crippen LogP contribution < -0.4 is 10.6 Å². The second-order valence-corrected chi connectivity index (χ2v) is 7.07. The Kier molecular flexibility index (Phi) is 8.29. The number of Topliss-reactive ketones (excluding diaryl/α,β-unsaturated/α-hetero) is 1. The molecule has 0 aliphatic rings. The van der Waals surface area contributed by atoms with Crippen LogP contribution in [0.25, 0.3) is 0 Å². The predicted molar refractivity (Wildman–Crippen MR) is 114 cm³/mol. The van der Waals surface area contributed by atoms with Crippen LogP contribution in [-0.2, 0) is 19.1 Å². The lowest BCUT2D eigenvalue weighted by atomic mass is 10.1. The second-order valence-electron chi connectivity index (χ2n) is 7.07. The largest absolute Gasteiger partial charge is 0.456 e. The standard InChI is InChI=1S/C23H26N2O5/c1-15-10-11-20(16(2)12-15)25-22(28)14-30-23(29)9-5-8-21(27)24-19-7-4-6-18(13-19)17(3)26/h4,6-7,10-13H,5,8-9,14H2,1-3H3,(H,24,27)(H,25,28). The van der Waals surface area contributed by atoms with E-state index in [1.54, 1.807) is 30.3 Å². The minimum absolute atomic E-state index is 0.0255. The number of hydrogen-bond acceptors (Lipinski definition) is 5. The zero-order chi connectivity index (χ0) is 22.1. The van der Waals surface area contributed by atoms with E-state index in [1.807, 2.05) is 26.0 Å². The van der Waals surface area contributed by atoms with Crippen LogP contribution >= 0.6 is 0 Å². The van der Waals surface area contributed by atoms with Gasteiger partial charge in [0.15, 0.2) is 12.4 Å². The highest BCUT2D eigenvalue weighted by molar-refractivity contribution is 5.97. The minimum Gasteiger partial charge on any atom is -0.456 e. The van der Waals surface area contributed by atoms with Crippen LogP contribution in [0.3, 0.4) is 0 Å². The summed E-state index contributed by atoms with van der Waals surface area (Å²) in [5, 5.41) is 5.39. The number of amides is 2. The molecule has 0 fully saturated rings. The molecule has 0 saturated carbocycles. The Morgan fingerprint density at radius 1 is 0.900 bits per heavy atom. The first kappa shape index (κ1) is 22.8. The lowest BCUT2D eigenvalue weighted by molar-refractivity contribution is -0.147. The first-order valence-corrected chi connectivity index (χ1v) is 9.68. The van der Waals surface area contributed by atoms with Gasteiger partial charge in [-0.15, -0.1) is 0 Å². The van der Waals surface area contributed by atoms with Crippen molar-refractivity contribution >= 4 is 34.9 Å². The molecule has 2 aromatic carbocycles. The van der Waals surface area contributed by atoms with Crippen LogP contribution in [-0.4, -0.2) is 30.2 Å². The van der Waals surface area contributed by atoms with Gasteiger partial charge in [-0.1, -0.05) is 29.8 Å². The van der Waals surface area contributed by atoms with Crippen LogP contribution in [0.1, 0.15) is 47.7 Å². The summed E-state index contributed by atoms with van der Waals surface area (Å²) in [6.45, 7) is 4.92. The van der Waals surface area contributed by atoms with Gasteiger partial charge in [0.25, 0.3) is 5.91 Å². The van der Waals surface area contributed by atoms with Gasteiger partial charge in [-0.3, -0.25) is 19.2 Å². The van der Waals surface area contributed by atoms with Crippen molar-refractivity contribution in [2.24, 2.45) is 0 Å². The van der Waals surface area contributed by atoms with Gasteiger partial charge < -0.3 is 15.4 Å². The highest BCUT2D eigenvalue weighted by Gasteiger charge is 2.11. The number of anilines is 2. The Balaban J connectivity index is 1.68. The van der Waals surface area contributed by atoms with Crippen molar-refractivity contribution in [2.75, 3.05) is 17.2 Å². The van der Waals surface area contributed by atoms with E-state index in [0.29, 0.717) is 16.9 Å². The van der Waals surface area contributed by atoms with Gasteiger partial charge in [-0.05, 0) is 51.0 Å². The topological polar surface area (TPSA) is 102 Å². The molecule has 0 bridgehead atoms. The van der Waals surface area contributed by atoms with Crippen molar-refractivity contribution in [3.8, 4) is 0 Å². The summed E-state index contributed by atoms with van der Waals surface area (Å²) in [6.07, 6.45) is 0.432. The number of ketones is 1. The summed E-state index contributed by atoms with van der Waals surface area (Å²) in [4.78, 5) is 47.1. The molecular formula is C23H26N2O5. The van der Waals surface area contributed by atoms with Crippen molar-refractivity contribution in [1.82, 2.24) is 0 Å². The Bertz CT molecular complexity index is 952. The second kappa shape index (κ2) is 10.9. The lowest BCUT2D eigenvalue weighted by Crippen LogP contribution is -2.21. The fraction of sp³-hybridized carbons (Fsp3) is 0.304. The van der Waals surface area contributed by atoms with Gasteiger partial charge in [0.2, 0.25) is 5.91 Å². The number of nitrogens with one attached hydrogen (secondary N) is 2. The smallest absolute Gasteiger partial charge is 0.306 e. The summed E-state index contributed by atoms with van der Waals surface area (Å²) in [7, 11) is 0. The molecule has 0 aliphatic heterocycles.